The average molecular weight is 419 g/mol. The van der Waals surface area contributed by atoms with E-state index < -0.39 is 10.0 Å². The van der Waals surface area contributed by atoms with Crippen LogP contribution in [0.15, 0.2) is 47.4 Å². The van der Waals surface area contributed by atoms with Crippen LogP contribution in [-0.2, 0) is 14.8 Å². The van der Waals surface area contributed by atoms with Crippen LogP contribution >= 0.6 is 0 Å². The summed E-state index contributed by atoms with van der Waals surface area (Å²) in [6, 6.07) is 13.7. The molecule has 0 bridgehead atoms. The Bertz CT molecular complexity index is 921. The third kappa shape index (κ3) is 5.36. The minimum Gasteiger partial charge on any atom is -0.378 e. The molecule has 1 saturated heterocycles. The van der Waals surface area contributed by atoms with E-state index in [0.717, 1.165) is 35.5 Å². The molecule has 2 N–H and O–H groups in total. The summed E-state index contributed by atoms with van der Waals surface area (Å²) in [4.78, 5) is 3.72. The van der Waals surface area contributed by atoms with Gasteiger partial charge in [-0.2, -0.15) is 0 Å². The summed E-state index contributed by atoms with van der Waals surface area (Å²) in [5.74, 6) is 0. The van der Waals surface area contributed by atoms with Gasteiger partial charge in [0.25, 0.3) is 0 Å². The van der Waals surface area contributed by atoms with Crippen molar-refractivity contribution >= 4 is 15.7 Å². The van der Waals surface area contributed by atoms with Crippen LogP contribution in [-0.4, -0.2) is 55.4 Å². The Hall–Kier alpha value is -1.93. The number of nitrogens with zero attached hydrogens (tertiary/aromatic N) is 1. The molecule has 7 heteroatoms. The summed E-state index contributed by atoms with van der Waals surface area (Å²) >= 11 is 0. The van der Waals surface area contributed by atoms with Gasteiger partial charge in [-0.1, -0.05) is 18.2 Å². The van der Waals surface area contributed by atoms with Crippen molar-refractivity contribution in [3.8, 4) is 0 Å². The normalized spacial score (nSPS) is 16.6. The lowest BCUT2D eigenvalue weighted by Crippen LogP contribution is -3.15. The predicted molar refractivity (Wildman–Crippen MR) is 116 cm³/mol. The highest BCUT2D eigenvalue weighted by Crippen LogP contribution is 2.18. The van der Waals surface area contributed by atoms with Gasteiger partial charge in [-0.25, -0.2) is 13.1 Å². The van der Waals surface area contributed by atoms with E-state index in [1.165, 1.54) is 4.90 Å². The molecule has 0 spiro atoms. The summed E-state index contributed by atoms with van der Waals surface area (Å²) in [6.07, 6.45) is 0. The Labute approximate surface area is 174 Å². The van der Waals surface area contributed by atoms with Crippen molar-refractivity contribution < 1.29 is 18.1 Å². The maximum absolute atomic E-state index is 12.9. The van der Waals surface area contributed by atoms with E-state index in [9.17, 15) is 8.42 Å². The van der Waals surface area contributed by atoms with Crippen LogP contribution in [0.25, 0.3) is 0 Å². The molecule has 3 rings (SSSR count). The lowest BCUT2D eigenvalue weighted by Gasteiger charge is -2.32. The van der Waals surface area contributed by atoms with Gasteiger partial charge >= 0.3 is 0 Å². The second-order valence-corrected chi connectivity index (χ2v) is 9.67. The van der Waals surface area contributed by atoms with Gasteiger partial charge in [-0.05, 0) is 49.2 Å². The SMILES string of the molecule is Cc1ccc(S(=O)(=O)NC[C@@H](c2ccc(N(C)C)cc2)[NH+]2CCOCC2)cc1C. The Kier molecular flexibility index (Phi) is 6.95. The van der Waals surface area contributed by atoms with Crippen LogP contribution in [0.1, 0.15) is 22.7 Å². The summed E-state index contributed by atoms with van der Waals surface area (Å²) in [5.41, 5.74) is 4.32. The van der Waals surface area contributed by atoms with Crippen molar-refractivity contribution in [2.45, 2.75) is 24.8 Å². The van der Waals surface area contributed by atoms with Crippen molar-refractivity contribution in [3.63, 3.8) is 0 Å². The quantitative estimate of drug-likeness (QED) is 0.712. The fourth-order valence-electron chi connectivity index (χ4n) is 3.64. The van der Waals surface area contributed by atoms with Crippen LogP contribution < -0.4 is 14.5 Å². The molecule has 1 aliphatic rings. The highest BCUT2D eigenvalue weighted by atomic mass is 32.2. The highest BCUT2D eigenvalue weighted by Gasteiger charge is 2.28. The molecule has 0 unspecified atom stereocenters. The van der Waals surface area contributed by atoms with E-state index in [-0.39, 0.29) is 6.04 Å². The molecule has 158 valence electrons. The zero-order valence-electron chi connectivity index (χ0n) is 17.7. The molecule has 0 aromatic heterocycles. The molecule has 0 aliphatic carbocycles. The Morgan fingerprint density at radius 3 is 2.28 bits per heavy atom. The lowest BCUT2D eigenvalue weighted by atomic mass is 10.0. The maximum Gasteiger partial charge on any atom is 0.240 e. The largest absolute Gasteiger partial charge is 0.378 e. The number of anilines is 1. The van der Waals surface area contributed by atoms with E-state index in [1.54, 1.807) is 12.1 Å². The molecule has 1 heterocycles. The van der Waals surface area contributed by atoms with Crippen LogP contribution in [0.3, 0.4) is 0 Å². The van der Waals surface area contributed by atoms with E-state index in [4.69, 9.17) is 4.74 Å². The van der Waals surface area contributed by atoms with Crippen LogP contribution in [0, 0.1) is 13.8 Å². The number of quaternary nitrogens is 1. The smallest absolute Gasteiger partial charge is 0.240 e. The lowest BCUT2D eigenvalue weighted by molar-refractivity contribution is -0.937. The van der Waals surface area contributed by atoms with Crippen molar-refractivity contribution in [1.82, 2.24) is 4.72 Å². The predicted octanol–water partition coefficient (Wildman–Crippen LogP) is 1.30. The summed E-state index contributed by atoms with van der Waals surface area (Å²) in [6.45, 7) is 7.40. The van der Waals surface area contributed by atoms with E-state index in [1.807, 2.05) is 34.0 Å². The molecule has 1 aliphatic heterocycles. The molecule has 29 heavy (non-hydrogen) atoms. The number of sulfonamides is 1. The maximum atomic E-state index is 12.9. The van der Waals surface area contributed by atoms with Gasteiger partial charge in [0.05, 0.1) is 24.7 Å². The van der Waals surface area contributed by atoms with Crippen molar-refractivity contribution in [3.05, 3.63) is 59.2 Å². The number of ether oxygens (including phenoxy) is 1. The molecular weight excluding hydrogens is 386 g/mol. The molecule has 1 fully saturated rings. The fraction of sp³-hybridized carbons (Fsp3) is 0.455. The number of hydrogen-bond acceptors (Lipinski definition) is 4. The van der Waals surface area contributed by atoms with Gasteiger partial charge in [0.1, 0.15) is 19.1 Å². The number of hydrogen-bond donors (Lipinski definition) is 2. The van der Waals surface area contributed by atoms with Gasteiger partial charge < -0.3 is 14.5 Å². The summed E-state index contributed by atoms with van der Waals surface area (Å²) in [5, 5.41) is 0. The van der Waals surface area contributed by atoms with E-state index in [0.29, 0.717) is 24.7 Å². The topological polar surface area (TPSA) is 63.1 Å². The third-order valence-corrected chi connectivity index (χ3v) is 7.13. The first-order valence-electron chi connectivity index (χ1n) is 10.0. The van der Waals surface area contributed by atoms with Gasteiger partial charge in [-0.15, -0.1) is 0 Å². The number of morpholine rings is 1. The zero-order chi connectivity index (χ0) is 21.0. The minimum atomic E-state index is -3.57. The molecular formula is C22H32N3O3S+. The minimum absolute atomic E-state index is 0.0384. The van der Waals surface area contributed by atoms with Crippen LogP contribution in [0.2, 0.25) is 0 Å². The van der Waals surface area contributed by atoms with Crippen molar-refractivity contribution in [1.29, 1.82) is 0 Å². The van der Waals surface area contributed by atoms with Crippen LogP contribution in [0.5, 0.6) is 0 Å². The van der Waals surface area contributed by atoms with E-state index >= 15 is 0 Å². The number of nitrogens with one attached hydrogen (secondary N) is 2. The number of aryl methyl sites for hydroxylation is 2. The Morgan fingerprint density at radius 2 is 1.69 bits per heavy atom. The molecule has 0 radical (unpaired) electrons. The monoisotopic (exact) mass is 418 g/mol. The van der Waals surface area contributed by atoms with Crippen LogP contribution in [0.4, 0.5) is 5.69 Å². The second kappa shape index (κ2) is 9.26. The third-order valence-electron chi connectivity index (χ3n) is 5.71. The molecule has 2 aromatic carbocycles. The Morgan fingerprint density at radius 1 is 1.03 bits per heavy atom. The van der Waals surface area contributed by atoms with Gasteiger partial charge in [0.2, 0.25) is 10.0 Å². The number of rotatable bonds is 7. The molecule has 1 atom stereocenters. The summed E-state index contributed by atoms with van der Waals surface area (Å²) in [7, 11) is 0.457. The average Bonchev–Trinajstić information content (AvgIpc) is 2.71. The fourth-order valence-corrected chi connectivity index (χ4v) is 4.77. The van der Waals surface area contributed by atoms with Crippen molar-refractivity contribution in [2.24, 2.45) is 0 Å². The first kappa shape index (κ1) is 21.8. The van der Waals surface area contributed by atoms with Gasteiger partial charge in [0.15, 0.2) is 0 Å². The molecule has 2 aromatic rings. The molecule has 0 saturated carbocycles. The zero-order valence-corrected chi connectivity index (χ0v) is 18.6. The summed E-state index contributed by atoms with van der Waals surface area (Å²) < 4.78 is 34.2. The Balaban J connectivity index is 1.81. The molecule has 6 nitrogen and oxygen atoms in total. The standard InChI is InChI=1S/C22H31N3O3S/c1-17-5-10-21(15-18(17)2)29(26,27)23-16-22(25-11-13-28-14-12-25)19-6-8-20(9-7-19)24(3)4/h5-10,15,22-23H,11-14,16H2,1-4H3/p+1/t22-/m0/s1. The second-order valence-electron chi connectivity index (χ2n) is 7.91. The first-order chi connectivity index (χ1) is 13.8. The highest BCUT2D eigenvalue weighted by molar-refractivity contribution is 7.89. The van der Waals surface area contributed by atoms with Gasteiger partial charge in [-0.3, -0.25) is 0 Å². The molecule has 0 amide bonds. The first-order valence-corrected chi connectivity index (χ1v) is 11.5. The van der Waals surface area contributed by atoms with Crippen molar-refractivity contribution in [2.75, 3.05) is 51.8 Å². The van der Waals surface area contributed by atoms with E-state index in [2.05, 4.69) is 33.9 Å². The number of benzene rings is 2. The van der Waals surface area contributed by atoms with Gasteiger partial charge in [0, 0.05) is 25.3 Å².